The van der Waals surface area contributed by atoms with Crippen LogP contribution in [0.5, 0.6) is 0 Å². The minimum absolute atomic E-state index is 0.242. The quantitative estimate of drug-likeness (QED) is 0.588. The van der Waals surface area contributed by atoms with Crippen molar-refractivity contribution in [2.45, 2.75) is 6.42 Å². The second-order valence-corrected chi connectivity index (χ2v) is 4.69. The summed E-state index contributed by atoms with van der Waals surface area (Å²) in [5.74, 6) is 0.242. The molecular weight excluding hydrogens is 253 g/mol. The number of alkyl halides is 1. The van der Waals surface area contributed by atoms with Crippen LogP contribution in [0.2, 0.25) is 0 Å². The third kappa shape index (κ3) is 5.10. The standard InChI is InChI=1S/C4H10INO2S/c1-6-9(7,8)4-2-3-5/h6H,2-4H2,1H3. The third-order valence-corrected chi connectivity index (χ3v) is 3.07. The molecule has 0 aromatic carbocycles. The highest BCUT2D eigenvalue weighted by molar-refractivity contribution is 14.1. The molecule has 0 aliphatic heterocycles. The molecule has 0 saturated carbocycles. The molecule has 9 heavy (non-hydrogen) atoms. The molecule has 0 aromatic rings. The normalized spacial score (nSPS) is 11.8. The molecule has 0 heterocycles. The summed E-state index contributed by atoms with van der Waals surface area (Å²) in [6, 6.07) is 0. The van der Waals surface area contributed by atoms with Gasteiger partial charge in [0.25, 0.3) is 0 Å². The summed E-state index contributed by atoms with van der Waals surface area (Å²) in [4.78, 5) is 0. The van der Waals surface area contributed by atoms with E-state index in [1.807, 2.05) is 0 Å². The van der Waals surface area contributed by atoms with Crippen molar-refractivity contribution in [1.29, 1.82) is 0 Å². The van der Waals surface area contributed by atoms with Crippen LogP contribution in [0, 0.1) is 0 Å². The van der Waals surface area contributed by atoms with Crippen molar-refractivity contribution in [2.75, 3.05) is 17.2 Å². The van der Waals surface area contributed by atoms with Crippen LogP contribution in [0.15, 0.2) is 0 Å². The average molecular weight is 263 g/mol. The monoisotopic (exact) mass is 263 g/mol. The number of hydrogen-bond donors (Lipinski definition) is 1. The summed E-state index contributed by atoms with van der Waals surface area (Å²) < 4.78 is 24.4. The first-order valence-electron chi connectivity index (χ1n) is 2.59. The van der Waals surface area contributed by atoms with Gasteiger partial charge in [0.1, 0.15) is 0 Å². The van der Waals surface area contributed by atoms with Crippen LogP contribution in [0.3, 0.4) is 0 Å². The molecule has 0 radical (unpaired) electrons. The summed E-state index contributed by atoms with van der Waals surface area (Å²) in [5.41, 5.74) is 0. The lowest BCUT2D eigenvalue weighted by Crippen LogP contribution is -2.21. The van der Waals surface area contributed by atoms with Crippen molar-refractivity contribution in [2.24, 2.45) is 0 Å². The van der Waals surface area contributed by atoms with Gasteiger partial charge in [-0.25, -0.2) is 13.1 Å². The predicted molar refractivity (Wildman–Crippen MR) is 46.4 cm³/mol. The van der Waals surface area contributed by atoms with E-state index in [2.05, 4.69) is 27.3 Å². The minimum atomic E-state index is -2.94. The lowest BCUT2D eigenvalue weighted by atomic mass is 10.6. The van der Waals surface area contributed by atoms with Crippen LogP contribution in [-0.4, -0.2) is 25.6 Å². The van der Waals surface area contributed by atoms with Crippen molar-refractivity contribution in [3.63, 3.8) is 0 Å². The van der Waals surface area contributed by atoms with Crippen LogP contribution >= 0.6 is 22.6 Å². The van der Waals surface area contributed by atoms with Crippen molar-refractivity contribution < 1.29 is 8.42 Å². The first-order chi connectivity index (χ1) is 4.12. The fourth-order valence-corrected chi connectivity index (χ4v) is 1.97. The molecule has 0 saturated heterocycles. The van der Waals surface area contributed by atoms with Gasteiger partial charge in [-0.15, -0.1) is 0 Å². The highest BCUT2D eigenvalue weighted by Gasteiger charge is 2.03. The molecule has 0 aliphatic rings. The second kappa shape index (κ2) is 4.45. The number of sulfonamides is 1. The van der Waals surface area contributed by atoms with Crippen LogP contribution < -0.4 is 4.72 Å². The Hall–Kier alpha value is 0.640. The Morgan fingerprint density at radius 2 is 2.11 bits per heavy atom. The molecule has 5 heteroatoms. The van der Waals surface area contributed by atoms with Gasteiger partial charge in [0.15, 0.2) is 0 Å². The zero-order chi connectivity index (χ0) is 7.33. The number of hydrogen-bond acceptors (Lipinski definition) is 2. The maximum Gasteiger partial charge on any atom is 0.211 e. The Balaban J connectivity index is 3.61. The highest BCUT2D eigenvalue weighted by atomic mass is 127. The van der Waals surface area contributed by atoms with Crippen LogP contribution in [0.1, 0.15) is 6.42 Å². The molecule has 0 spiro atoms. The Morgan fingerprint density at radius 3 is 2.44 bits per heavy atom. The molecule has 1 N–H and O–H groups in total. The van der Waals surface area contributed by atoms with Gasteiger partial charge in [-0.05, 0) is 13.5 Å². The van der Waals surface area contributed by atoms with Crippen LogP contribution in [0.25, 0.3) is 0 Å². The van der Waals surface area contributed by atoms with Gasteiger partial charge in [0, 0.05) is 4.43 Å². The fourth-order valence-electron chi connectivity index (χ4n) is 0.347. The smallest absolute Gasteiger partial charge is 0.211 e. The van der Waals surface area contributed by atoms with Crippen molar-refractivity contribution >= 4 is 32.6 Å². The summed E-state index contributed by atoms with van der Waals surface area (Å²) >= 11 is 2.15. The molecule has 0 rings (SSSR count). The summed E-state index contributed by atoms with van der Waals surface area (Å²) in [7, 11) is -1.50. The molecule has 0 aromatic heterocycles. The van der Waals surface area contributed by atoms with E-state index in [0.717, 1.165) is 10.8 Å². The lowest BCUT2D eigenvalue weighted by molar-refractivity contribution is 0.587. The van der Waals surface area contributed by atoms with E-state index < -0.39 is 10.0 Å². The highest BCUT2D eigenvalue weighted by Crippen LogP contribution is 1.92. The zero-order valence-corrected chi connectivity index (χ0v) is 8.20. The lowest BCUT2D eigenvalue weighted by Gasteiger charge is -1.97. The molecule has 0 unspecified atom stereocenters. The van der Waals surface area contributed by atoms with Gasteiger partial charge in [-0.2, -0.15) is 0 Å². The molecule has 0 amide bonds. The molecular formula is C4H10INO2S. The van der Waals surface area contributed by atoms with Gasteiger partial charge in [-0.1, -0.05) is 22.6 Å². The first-order valence-corrected chi connectivity index (χ1v) is 5.77. The molecule has 0 fully saturated rings. The first kappa shape index (κ1) is 9.64. The van der Waals surface area contributed by atoms with E-state index >= 15 is 0 Å². The summed E-state index contributed by atoms with van der Waals surface area (Å²) in [6.45, 7) is 0. The maximum atomic E-state index is 10.6. The molecule has 0 atom stereocenters. The fraction of sp³-hybridized carbons (Fsp3) is 1.00. The van der Waals surface area contributed by atoms with E-state index in [0.29, 0.717) is 0 Å². The third-order valence-electron chi connectivity index (χ3n) is 0.858. The Morgan fingerprint density at radius 1 is 1.56 bits per heavy atom. The second-order valence-electron chi connectivity index (χ2n) is 1.57. The minimum Gasteiger partial charge on any atom is -0.218 e. The Labute approximate surface area is 69.4 Å². The SMILES string of the molecule is CNS(=O)(=O)CCCI. The summed E-state index contributed by atoms with van der Waals surface area (Å²) in [5, 5.41) is 0. The van der Waals surface area contributed by atoms with E-state index in [1.165, 1.54) is 7.05 Å². The van der Waals surface area contributed by atoms with Crippen molar-refractivity contribution in [3.05, 3.63) is 0 Å². The molecule has 56 valence electrons. The largest absolute Gasteiger partial charge is 0.218 e. The van der Waals surface area contributed by atoms with Gasteiger partial charge in [-0.3, -0.25) is 0 Å². The average Bonchev–Trinajstić information content (AvgIpc) is 1.84. The molecule has 0 bridgehead atoms. The Bertz CT molecular complexity index is 154. The van der Waals surface area contributed by atoms with Gasteiger partial charge in [0.2, 0.25) is 10.0 Å². The van der Waals surface area contributed by atoms with Crippen molar-refractivity contribution in [1.82, 2.24) is 4.72 Å². The molecule has 3 nitrogen and oxygen atoms in total. The van der Waals surface area contributed by atoms with Gasteiger partial charge >= 0.3 is 0 Å². The van der Waals surface area contributed by atoms with Crippen LogP contribution in [-0.2, 0) is 10.0 Å². The summed E-state index contributed by atoms with van der Waals surface area (Å²) in [6.07, 6.45) is 0.726. The number of nitrogens with one attached hydrogen (secondary N) is 1. The van der Waals surface area contributed by atoms with E-state index in [4.69, 9.17) is 0 Å². The molecule has 0 aliphatic carbocycles. The van der Waals surface area contributed by atoms with Crippen LogP contribution in [0.4, 0.5) is 0 Å². The zero-order valence-electron chi connectivity index (χ0n) is 5.22. The predicted octanol–water partition coefficient (Wildman–Crippen LogP) is 0.361. The van der Waals surface area contributed by atoms with E-state index in [-0.39, 0.29) is 5.75 Å². The topological polar surface area (TPSA) is 46.2 Å². The Kier molecular flexibility index (Phi) is 4.77. The van der Waals surface area contributed by atoms with Gasteiger partial charge < -0.3 is 0 Å². The van der Waals surface area contributed by atoms with Gasteiger partial charge in [0.05, 0.1) is 5.75 Å². The number of rotatable bonds is 4. The maximum absolute atomic E-state index is 10.6. The van der Waals surface area contributed by atoms with Crippen molar-refractivity contribution in [3.8, 4) is 0 Å². The van der Waals surface area contributed by atoms with E-state index in [1.54, 1.807) is 0 Å². The van der Waals surface area contributed by atoms with E-state index in [9.17, 15) is 8.42 Å². The number of halogens is 1.